The number of ketones is 1. The van der Waals surface area contributed by atoms with Crippen molar-refractivity contribution in [3.8, 4) is 17.2 Å². The summed E-state index contributed by atoms with van der Waals surface area (Å²) in [6, 6.07) is 10.9. The first-order valence-corrected chi connectivity index (χ1v) is 7.67. The fourth-order valence-corrected chi connectivity index (χ4v) is 2.51. The lowest BCUT2D eigenvalue weighted by atomic mass is 10.1. The molecule has 4 nitrogen and oxygen atoms in total. The maximum Gasteiger partial charge on any atom is 0.203 e. The molecule has 0 heterocycles. The van der Waals surface area contributed by atoms with E-state index in [9.17, 15) is 4.79 Å². The first-order chi connectivity index (χ1) is 11.1. The number of rotatable bonds is 6. The van der Waals surface area contributed by atoms with Crippen molar-refractivity contribution in [2.75, 3.05) is 21.3 Å². The van der Waals surface area contributed by atoms with Crippen LogP contribution in [0.15, 0.2) is 46.9 Å². The third-order valence-electron chi connectivity index (χ3n) is 3.27. The van der Waals surface area contributed by atoms with Crippen molar-refractivity contribution in [2.45, 2.75) is 0 Å². The highest BCUT2D eigenvalue weighted by atomic mass is 79.9. The van der Waals surface area contributed by atoms with Gasteiger partial charge in [-0.3, -0.25) is 4.79 Å². The summed E-state index contributed by atoms with van der Waals surface area (Å²) in [4.78, 5) is 12.4. The fraction of sp³-hybridized carbons (Fsp3) is 0.167. The van der Waals surface area contributed by atoms with Gasteiger partial charge in [0.2, 0.25) is 5.75 Å². The van der Waals surface area contributed by atoms with E-state index in [1.807, 2.05) is 24.3 Å². The highest BCUT2D eigenvalue weighted by Gasteiger charge is 2.15. The molecule has 5 heteroatoms. The number of halogens is 1. The Morgan fingerprint density at radius 1 is 1.00 bits per heavy atom. The maximum absolute atomic E-state index is 12.4. The van der Waals surface area contributed by atoms with Crippen LogP contribution in [0.1, 0.15) is 15.9 Å². The summed E-state index contributed by atoms with van der Waals surface area (Å²) in [7, 11) is 4.56. The van der Waals surface area contributed by atoms with E-state index in [1.54, 1.807) is 18.2 Å². The average Bonchev–Trinajstić information content (AvgIpc) is 2.59. The molecule has 0 amide bonds. The van der Waals surface area contributed by atoms with Gasteiger partial charge in [-0.2, -0.15) is 0 Å². The van der Waals surface area contributed by atoms with E-state index in [2.05, 4.69) is 15.9 Å². The highest BCUT2D eigenvalue weighted by molar-refractivity contribution is 9.10. The van der Waals surface area contributed by atoms with Crippen LogP contribution in [0, 0.1) is 0 Å². The topological polar surface area (TPSA) is 44.8 Å². The molecule has 2 rings (SSSR count). The van der Waals surface area contributed by atoms with E-state index in [1.165, 1.54) is 27.4 Å². The molecule has 120 valence electrons. The quantitative estimate of drug-likeness (QED) is 0.554. The predicted octanol–water partition coefficient (Wildman–Crippen LogP) is 4.37. The maximum atomic E-state index is 12.4. The van der Waals surface area contributed by atoms with Crippen LogP contribution in [0.3, 0.4) is 0 Å². The molecule has 0 radical (unpaired) electrons. The summed E-state index contributed by atoms with van der Waals surface area (Å²) in [6.45, 7) is 0. The molecule has 2 aromatic carbocycles. The van der Waals surface area contributed by atoms with Gasteiger partial charge in [0, 0.05) is 10.0 Å². The SMILES string of the molecule is COc1cc(C(=O)C=Cc2ccccc2Br)cc(OC)c1OC. The van der Waals surface area contributed by atoms with Crippen LogP contribution in [0.4, 0.5) is 0 Å². The van der Waals surface area contributed by atoms with Crippen molar-refractivity contribution < 1.29 is 19.0 Å². The Labute approximate surface area is 143 Å². The Morgan fingerprint density at radius 3 is 2.13 bits per heavy atom. The molecule has 0 N–H and O–H groups in total. The van der Waals surface area contributed by atoms with E-state index >= 15 is 0 Å². The van der Waals surface area contributed by atoms with Crippen LogP contribution in [0.25, 0.3) is 6.08 Å². The summed E-state index contributed by atoms with van der Waals surface area (Å²) in [5, 5.41) is 0. The molecule has 0 aliphatic heterocycles. The monoisotopic (exact) mass is 376 g/mol. The molecular weight excluding hydrogens is 360 g/mol. The lowest BCUT2D eigenvalue weighted by Crippen LogP contribution is -2.00. The minimum atomic E-state index is -0.153. The van der Waals surface area contributed by atoms with E-state index in [-0.39, 0.29) is 5.78 Å². The number of benzene rings is 2. The molecule has 0 saturated carbocycles. The largest absolute Gasteiger partial charge is 0.493 e. The van der Waals surface area contributed by atoms with Crippen LogP contribution in [-0.2, 0) is 0 Å². The third-order valence-corrected chi connectivity index (χ3v) is 3.99. The van der Waals surface area contributed by atoms with Crippen LogP contribution in [0.2, 0.25) is 0 Å². The van der Waals surface area contributed by atoms with Crippen molar-refractivity contribution >= 4 is 27.8 Å². The zero-order chi connectivity index (χ0) is 16.8. The van der Waals surface area contributed by atoms with Gasteiger partial charge < -0.3 is 14.2 Å². The number of carbonyl (C=O) groups excluding carboxylic acids is 1. The smallest absolute Gasteiger partial charge is 0.203 e. The number of methoxy groups -OCH3 is 3. The van der Waals surface area contributed by atoms with Crippen LogP contribution >= 0.6 is 15.9 Å². The Balaban J connectivity index is 2.34. The van der Waals surface area contributed by atoms with Crippen LogP contribution in [0.5, 0.6) is 17.2 Å². The van der Waals surface area contributed by atoms with Gasteiger partial charge in [0.1, 0.15) is 0 Å². The minimum absolute atomic E-state index is 0.153. The van der Waals surface area contributed by atoms with Gasteiger partial charge in [-0.1, -0.05) is 34.1 Å². The van der Waals surface area contributed by atoms with E-state index < -0.39 is 0 Å². The van der Waals surface area contributed by atoms with Gasteiger partial charge in [0.05, 0.1) is 21.3 Å². The number of carbonyl (C=O) groups is 1. The second-order valence-electron chi connectivity index (χ2n) is 4.63. The predicted molar refractivity (Wildman–Crippen MR) is 93.6 cm³/mol. The third kappa shape index (κ3) is 3.93. The summed E-state index contributed by atoms with van der Waals surface area (Å²) < 4.78 is 16.7. The van der Waals surface area contributed by atoms with Crippen molar-refractivity contribution in [1.82, 2.24) is 0 Å². The molecule has 0 saturated heterocycles. The zero-order valence-electron chi connectivity index (χ0n) is 13.1. The molecule has 0 aromatic heterocycles. The first kappa shape index (κ1) is 17.1. The lowest BCUT2D eigenvalue weighted by molar-refractivity contribution is 0.104. The molecule has 0 fully saturated rings. The Morgan fingerprint density at radius 2 is 1.61 bits per heavy atom. The first-order valence-electron chi connectivity index (χ1n) is 6.87. The molecule has 0 atom stereocenters. The van der Waals surface area contributed by atoms with Crippen molar-refractivity contribution in [3.63, 3.8) is 0 Å². The molecule has 0 bridgehead atoms. The Hall–Kier alpha value is -2.27. The van der Waals surface area contributed by atoms with Crippen molar-refractivity contribution in [3.05, 3.63) is 58.1 Å². The Bertz CT molecular complexity index is 713. The summed E-state index contributed by atoms with van der Waals surface area (Å²) in [5.74, 6) is 1.20. The normalized spacial score (nSPS) is 10.6. The molecule has 2 aromatic rings. The second kappa shape index (κ2) is 7.83. The van der Waals surface area contributed by atoms with E-state index in [0.717, 1.165) is 10.0 Å². The minimum Gasteiger partial charge on any atom is -0.493 e. The van der Waals surface area contributed by atoms with Crippen LogP contribution < -0.4 is 14.2 Å². The van der Waals surface area contributed by atoms with E-state index in [4.69, 9.17) is 14.2 Å². The Kier molecular flexibility index (Phi) is 5.82. The second-order valence-corrected chi connectivity index (χ2v) is 5.49. The van der Waals surface area contributed by atoms with Gasteiger partial charge in [-0.25, -0.2) is 0 Å². The molecule has 23 heavy (non-hydrogen) atoms. The number of ether oxygens (including phenoxy) is 3. The molecule has 0 spiro atoms. The zero-order valence-corrected chi connectivity index (χ0v) is 14.7. The highest BCUT2D eigenvalue weighted by Crippen LogP contribution is 2.38. The molecular formula is C18H17BrO4. The van der Waals surface area contributed by atoms with Crippen molar-refractivity contribution in [1.29, 1.82) is 0 Å². The summed E-state index contributed by atoms with van der Waals surface area (Å²) in [6.07, 6.45) is 3.27. The molecule has 0 aliphatic carbocycles. The van der Waals surface area contributed by atoms with Gasteiger partial charge >= 0.3 is 0 Å². The number of hydrogen-bond acceptors (Lipinski definition) is 4. The van der Waals surface area contributed by atoms with Gasteiger partial charge in [0.15, 0.2) is 17.3 Å². The average molecular weight is 377 g/mol. The van der Waals surface area contributed by atoms with Crippen LogP contribution in [-0.4, -0.2) is 27.1 Å². The van der Waals surface area contributed by atoms with Crippen molar-refractivity contribution in [2.24, 2.45) is 0 Å². The lowest BCUT2D eigenvalue weighted by Gasteiger charge is -2.13. The summed E-state index contributed by atoms with van der Waals surface area (Å²) in [5.41, 5.74) is 1.39. The van der Waals surface area contributed by atoms with Gasteiger partial charge in [0.25, 0.3) is 0 Å². The van der Waals surface area contributed by atoms with E-state index in [0.29, 0.717) is 22.8 Å². The molecule has 0 aliphatic rings. The van der Waals surface area contributed by atoms with Gasteiger partial charge in [-0.15, -0.1) is 0 Å². The fourth-order valence-electron chi connectivity index (χ4n) is 2.10. The molecule has 0 unspecified atom stereocenters. The number of hydrogen-bond donors (Lipinski definition) is 0. The standard InChI is InChI=1S/C18H17BrO4/c1-21-16-10-13(11-17(22-2)18(16)23-3)15(20)9-8-12-6-4-5-7-14(12)19/h4-11H,1-3H3. The summed E-state index contributed by atoms with van der Waals surface area (Å²) >= 11 is 3.45. The van der Waals surface area contributed by atoms with Gasteiger partial charge in [-0.05, 0) is 35.9 Å². The number of allylic oxidation sites excluding steroid dienone is 1.